The second-order valence-corrected chi connectivity index (χ2v) is 5.25. The number of aryl methyl sites for hydroxylation is 1. The van der Waals surface area contributed by atoms with Gasteiger partial charge in [-0.3, -0.25) is 9.78 Å². The fraction of sp³-hybridized carbons (Fsp3) is 0.214. The van der Waals surface area contributed by atoms with Crippen LogP contribution in [0.25, 0.3) is 10.2 Å². The molecule has 0 aliphatic carbocycles. The number of thiophene rings is 1. The van der Waals surface area contributed by atoms with Crippen LogP contribution in [0.4, 0.5) is 0 Å². The lowest BCUT2D eigenvalue weighted by molar-refractivity contribution is 0.102. The highest BCUT2D eigenvalue weighted by atomic mass is 32.1. The molecule has 0 aliphatic rings. The van der Waals surface area contributed by atoms with Crippen molar-refractivity contribution in [3.8, 4) is 0 Å². The molecule has 0 bridgehead atoms. The summed E-state index contributed by atoms with van der Waals surface area (Å²) in [6.07, 6.45) is 6.11. The number of aromatic nitrogens is 3. The highest BCUT2D eigenvalue weighted by molar-refractivity contribution is 7.17. The number of carbonyl (C=O) groups excluding carboxylic acids is 1. The maximum atomic E-state index is 12.4. The fourth-order valence-corrected chi connectivity index (χ4v) is 2.82. The molecule has 0 fully saturated rings. The molecule has 0 unspecified atom stereocenters. The molecular weight excluding hydrogens is 258 g/mol. The smallest absolute Gasteiger partial charge is 0.230 e. The third-order valence-corrected chi connectivity index (χ3v) is 3.80. The molecule has 0 spiro atoms. The Morgan fingerprint density at radius 1 is 1.42 bits per heavy atom. The molecule has 3 aromatic rings. The molecule has 0 radical (unpaired) electrons. The second-order valence-electron chi connectivity index (χ2n) is 4.30. The number of nitrogens with zero attached hydrogens (tertiary/aromatic N) is 3. The lowest BCUT2D eigenvalue weighted by Crippen LogP contribution is -2.11. The van der Waals surface area contributed by atoms with Gasteiger partial charge in [-0.1, -0.05) is 6.92 Å². The van der Waals surface area contributed by atoms with Gasteiger partial charge in [0.25, 0.3) is 0 Å². The van der Waals surface area contributed by atoms with Crippen LogP contribution in [-0.2, 0) is 6.54 Å². The number of rotatable bonds is 4. The normalized spacial score (nSPS) is 11.0. The maximum Gasteiger partial charge on any atom is 0.230 e. The molecule has 0 aliphatic heterocycles. The second kappa shape index (κ2) is 4.93. The van der Waals surface area contributed by atoms with Crippen molar-refractivity contribution in [2.24, 2.45) is 0 Å². The van der Waals surface area contributed by atoms with Crippen LogP contribution in [0, 0.1) is 0 Å². The van der Waals surface area contributed by atoms with E-state index in [2.05, 4.69) is 16.9 Å². The average molecular weight is 271 g/mol. The Labute approximate surface area is 114 Å². The van der Waals surface area contributed by atoms with Crippen LogP contribution >= 0.6 is 11.3 Å². The predicted octanol–water partition coefficient (Wildman–Crippen LogP) is 3.13. The Morgan fingerprint density at radius 2 is 2.32 bits per heavy atom. The molecule has 3 aromatic heterocycles. The van der Waals surface area contributed by atoms with Crippen LogP contribution in [-0.4, -0.2) is 20.3 Å². The predicted molar refractivity (Wildman–Crippen MR) is 75.6 cm³/mol. The van der Waals surface area contributed by atoms with Crippen LogP contribution < -0.4 is 0 Å². The van der Waals surface area contributed by atoms with Crippen LogP contribution in [0.1, 0.15) is 29.5 Å². The monoisotopic (exact) mass is 271 g/mol. The molecule has 19 heavy (non-hydrogen) atoms. The summed E-state index contributed by atoms with van der Waals surface area (Å²) in [5.74, 6) is 0.417. The Balaban J connectivity index is 2.00. The molecule has 5 heteroatoms. The Morgan fingerprint density at radius 3 is 3.16 bits per heavy atom. The van der Waals surface area contributed by atoms with Crippen molar-refractivity contribution in [1.29, 1.82) is 0 Å². The first-order valence-electron chi connectivity index (χ1n) is 6.18. The Bertz CT molecular complexity index is 729. The van der Waals surface area contributed by atoms with Gasteiger partial charge >= 0.3 is 0 Å². The van der Waals surface area contributed by atoms with Gasteiger partial charge < -0.3 is 4.57 Å². The maximum absolute atomic E-state index is 12.4. The molecular formula is C14H13N3OS. The number of fused-ring (bicyclic) bond motifs is 1. The molecule has 0 saturated heterocycles. The first kappa shape index (κ1) is 12.0. The van der Waals surface area contributed by atoms with Crippen molar-refractivity contribution >= 4 is 27.3 Å². The van der Waals surface area contributed by atoms with E-state index in [1.54, 1.807) is 23.7 Å². The number of imidazole rings is 1. The molecule has 0 saturated carbocycles. The van der Waals surface area contributed by atoms with E-state index >= 15 is 0 Å². The lowest BCUT2D eigenvalue weighted by atomic mass is 10.1. The molecule has 0 atom stereocenters. The van der Waals surface area contributed by atoms with Crippen molar-refractivity contribution in [2.75, 3.05) is 0 Å². The Kier molecular flexibility index (Phi) is 3.13. The summed E-state index contributed by atoms with van der Waals surface area (Å²) in [4.78, 5) is 20.9. The van der Waals surface area contributed by atoms with E-state index < -0.39 is 0 Å². The van der Waals surface area contributed by atoms with Gasteiger partial charge in [-0.05, 0) is 23.9 Å². The summed E-state index contributed by atoms with van der Waals surface area (Å²) in [6, 6.07) is 3.84. The number of ketones is 1. The van der Waals surface area contributed by atoms with E-state index in [-0.39, 0.29) is 5.78 Å². The quantitative estimate of drug-likeness (QED) is 0.685. The SMILES string of the molecule is CCCn1ccnc1C(=O)c1cnc2ccsc2c1. The molecule has 4 nitrogen and oxygen atoms in total. The summed E-state index contributed by atoms with van der Waals surface area (Å²) in [5, 5.41) is 1.98. The number of hydrogen-bond acceptors (Lipinski definition) is 4. The van der Waals surface area contributed by atoms with Gasteiger partial charge in [0.1, 0.15) is 0 Å². The molecule has 96 valence electrons. The lowest BCUT2D eigenvalue weighted by Gasteiger charge is -2.05. The summed E-state index contributed by atoms with van der Waals surface area (Å²) >= 11 is 1.59. The van der Waals surface area contributed by atoms with Crippen molar-refractivity contribution < 1.29 is 4.79 Å². The van der Waals surface area contributed by atoms with Gasteiger partial charge in [-0.2, -0.15) is 0 Å². The van der Waals surface area contributed by atoms with Crippen molar-refractivity contribution in [3.63, 3.8) is 0 Å². The van der Waals surface area contributed by atoms with Gasteiger partial charge in [0.2, 0.25) is 5.78 Å². The molecule has 0 amide bonds. The third kappa shape index (κ3) is 2.17. The summed E-state index contributed by atoms with van der Waals surface area (Å²) in [6.45, 7) is 2.88. The highest BCUT2D eigenvalue weighted by Crippen LogP contribution is 2.20. The first-order chi connectivity index (χ1) is 9.29. The minimum Gasteiger partial charge on any atom is -0.328 e. The number of hydrogen-bond donors (Lipinski definition) is 0. The van der Waals surface area contributed by atoms with Crippen molar-refractivity contribution in [3.05, 3.63) is 47.5 Å². The van der Waals surface area contributed by atoms with Crippen LogP contribution in [0.5, 0.6) is 0 Å². The topological polar surface area (TPSA) is 47.8 Å². The standard InChI is InChI=1S/C14H13N3OS/c1-2-5-17-6-4-15-14(17)13(18)10-8-12-11(16-9-10)3-7-19-12/h3-4,6-9H,2,5H2,1H3. The summed E-state index contributed by atoms with van der Waals surface area (Å²) < 4.78 is 2.92. The molecule has 0 N–H and O–H groups in total. The summed E-state index contributed by atoms with van der Waals surface area (Å²) in [7, 11) is 0. The highest BCUT2D eigenvalue weighted by Gasteiger charge is 2.15. The number of pyridine rings is 1. The summed E-state index contributed by atoms with van der Waals surface area (Å²) in [5.41, 5.74) is 1.52. The van der Waals surface area contributed by atoms with Gasteiger partial charge in [-0.15, -0.1) is 11.3 Å². The van der Waals surface area contributed by atoms with E-state index in [9.17, 15) is 4.79 Å². The van der Waals surface area contributed by atoms with Crippen LogP contribution in [0.15, 0.2) is 36.1 Å². The van der Waals surface area contributed by atoms with E-state index in [0.29, 0.717) is 11.4 Å². The van der Waals surface area contributed by atoms with Crippen LogP contribution in [0.3, 0.4) is 0 Å². The average Bonchev–Trinajstić information content (AvgIpc) is 3.05. The van der Waals surface area contributed by atoms with Gasteiger partial charge in [-0.25, -0.2) is 4.98 Å². The molecule has 3 heterocycles. The molecule has 0 aromatic carbocycles. The van der Waals surface area contributed by atoms with Crippen LogP contribution in [0.2, 0.25) is 0 Å². The fourth-order valence-electron chi connectivity index (χ4n) is 2.04. The minimum atomic E-state index is -0.0683. The zero-order valence-corrected chi connectivity index (χ0v) is 11.4. The zero-order chi connectivity index (χ0) is 13.2. The van der Waals surface area contributed by atoms with E-state index in [4.69, 9.17) is 0 Å². The zero-order valence-electron chi connectivity index (χ0n) is 10.5. The third-order valence-electron chi connectivity index (χ3n) is 2.95. The molecule has 3 rings (SSSR count). The largest absolute Gasteiger partial charge is 0.328 e. The van der Waals surface area contributed by atoms with Gasteiger partial charge in [0, 0.05) is 30.7 Å². The van der Waals surface area contributed by atoms with Gasteiger partial charge in [0.05, 0.1) is 10.2 Å². The number of carbonyl (C=O) groups is 1. The minimum absolute atomic E-state index is 0.0683. The van der Waals surface area contributed by atoms with E-state index in [0.717, 1.165) is 23.2 Å². The van der Waals surface area contributed by atoms with Crippen molar-refractivity contribution in [1.82, 2.24) is 14.5 Å². The first-order valence-corrected chi connectivity index (χ1v) is 7.06. The van der Waals surface area contributed by atoms with Gasteiger partial charge in [0.15, 0.2) is 5.82 Å². The van der Waals surface area contributed by atoms with E-state index in [1.807, 2.05) is 28.3 Å². The van der Waals surface area contributed by atoms with E-state index in [1.165, 1.54) is 0 Å². The van der Waals surface area contributed by atoms with Crippen molar-refractivity contribution in [2.45, 2.75) is 19.9 Å². The Hall–Kier alpha value is -2.01.